The summed E-state index contributed by atoms with van der Waals surface area (Å²) >= 11 is 0. The average Bonchev–Trinajstić information content (AvgIpc) is 2.48. The lowest BCUT2D eigenvalue weighted by Crippen LogP contribution is -2.37. The summed E-state index contributed by atoms with van der Waals surface area (Å²) in [5.41, 5.74) is 2.28. The minimum Gasteiger partial charge on any atom is -0.284 e. The second-order valence-electron chi connectivity index (χ2n) is 5.10. The van der Waals surface area contributed by atoms with Crippen LogP contribution in [0.1, 0.15) is 24.8 Å². The predicted molar refractivity (Wildman–Crippen MR) is 75.4 cm³/mol. The molecule has 0 spiro atoms. The van der Waals surface area contributed by atoms with Gasteiger partial charge in [-0.05, 0) is 37.4 Å². The Bertz CT molecular complexity index is 609. The fourth-order valence-corrected chi connectivity index (χ4v) is 2.84. The van der Waals surface area contributed by atoms with Crippen molar-refractivity contribution in [1.29, 1.82) is 5.26 Å². The Labute approximate surface area is 113 Å². The maximum absolute atomic E-state index is 9.25. The third kappa shape index (κ3) is 2.45. The second-order valence-corrected chi connectivity index (χ2v) is 5.10. The van der Waals surface area contributed by atoms with Crippen molar-refractivity contribution in [2.24, 2.45) is 0 Å². The normalized spacial score (nSPS) is 20.3. The van der Waals surface area contributed by atoms with Gasteiger partial charge >= 0.3 is 0 Å². The molecule has 1 fully saturated rings. The van der Waals surface area contributed by atoms with Gasteiger partial charge in [0.2, 0.25) is 0 Å². The number of likely N-dealkylation sites (tertiary alicyclic amines) is 1. The van der Waals surface area contributed by atoms with Gasteiger partial charge in [-0.25, -0.2) is 0 Å². The number of piperidine rings is 1. The molecule has 1 saturated heterocycles. The summed E-state index contributed by atoms with van der Waals surface area (Å²) in [5.74, 6) is 0. The minimum absolute atomic E-state index is 0.0627. The van der Waals surface area contributed by atoms with Crippen LogP contribution in [0.15, 0.2) is 36.5 Å². The van der Waals surface area contributed by atoms with E-state index in [9.17, 15) is 5.26 Å². The number of para-hydroxylation sites is 1. The zero-order valence-corrected chi connectivity index (χ0v) is 10.9. The first-order valence-electron chi connectivity index (χ1n) is 6.85. The Hall–Kier alpha value is -1.92. The van der Waals surface area contributed by atoms with Crippen LogP contribution < -0.4 is 0 Å². The van der Waals surface area contributed by atoms with Crippen LogP contribution in [0.25, 0.3) is 10.9 Å². The summed E-state index contributed by atoms with van der Waals surface area (Å²) in [6.07, 6.45) is 5.19. The molecule has 2 aromatic rings. The third-order valence-electron chi connectivity index (χ3n) is 3.85. The topological polar surface area (TPSA) is 39.9 Å². The number of benzene rings is 1. The number of aromatic nitrogens is 1. The highest BCUT2D eigenvalue weighted by atomic mass is 15.2. The molecule has 1 aromatic carbocycles. The van der Waals surface area contributed by atoms with E-state index in [4.69, 9.17) is 0 Å². The minimum atomic E-state index is 0.0627. The highest BCUT2D eigenvalue weighted by Gasteiger charge is 2.22. The van der Waals surface area contributed by atoms with Crippen molar-refractivity contribution in [2.45, 2.75) is 31.8 Å². The van der Waals surface area contributed by atoms with Crippen LogP contribution in [0.2, 0.25) is 0 Å². The first-order chi connectivity index (χ1) is 9.38. The van der Waals surface area contributed by atoms with Gasteiger partial charge in [-0.3, -0.25) is 9.88 Å². The molecule has 1 aliphatic heterocycles. The van der Waals surface area contributed by atoms with Crippen LogP contribution in [-0.2, 0) is 6.54 Å². The van der Waals surface area contributed by atoms with Crippen LogP contribution >= 0.6 is 0 Å². The van der Waals surface area contributed by atoms with Crippen molar-refractivity contribution >= 4 is 10.9 Å². The molecule has 3 nitrogen and oxygen atoms in total. The summed E-state index contributed by atoms with van der Waals surface area (Å²) in [4.78, 5) is 6.77. The van der Waals surface area contributed by atoms with E-state index in [0.717, 1.165) is 25.0 Å². The number of rotatable bonds is 2. The van der Waals surface area contributed by atoms with E-state index in [1.54, 1.807) is 0 Å². The Morgan fingerprint density at radius 2 is 2.16 bits per heavy atom. The lowest BCUT2D eigenvalue weighted by molar-refractivity contribution is 0.177. The van der Waals surface area contributed by atoms with Crippen LogP contribution in [0, 0.1) is 11.3 Å². The third-order valence-corrected chi connectivity index (χ3v) is 3.85. The average molecular weight is 251 g/mol. The van der Waals surface area contributed by atoms with Crippen molar-refractivity contribution in [1.82, 2.24) is 9.88 Å². The smallest absolute Gasteiger partial charge is 0.0980 e. The molecule has 19 heavy (non-hydrogen) atoms. The van der Waals surface area contributed by atoms with Gasteiger partial charge in [0.25, 0.3) is 0 Å². The van der Waals surface area contributed by atoms with E-state index >= 15 is 0 Å². The highest BCUT2D eigenvalue weighted by molar-refractivity contribution is 5.81. The number of nitriles is 1. The Balaban J connectivity index is 1.91. The molecule has 1 aromatic heterocycles. The number of nitrogens with zero attached hydrogens (tertiary/aromatic N) is 3. The summed E-state index contributed by atoms with van der Waals surface area (Å²) in [6.45, 7) is 1.84. The molecule has 3 rings (SSSR count). The monoisotopic (exact) mass is 251 g/mol. The maximum atomic E-state index is 9.25. The van der Waals surface area contributed by atoms with E-state index in [1.807, 2.05) is 12.3 Å². The fraction of sp³-hybridized carbons (Fsp3) is 0.375. The lowest BCUT2D eigenvalue weighted by Gasteiger charge is -2.31. The predicted octanol–water partition coefficient (Wildman–Crippen LogP) is 3.11. The Morgan fingerprint density at radius 3 is 3.05 bits per heavy atom. The number of fused-ring (bicyclic) bond motifs is 1. The maximum Gasteiger partial charge on any atom is 0.0980 e. The van der Waals surface area contributed by atoms with Crippen LogP contribution in [0.5, 0.6) is 0 Å². The van der Waals surface area contributed by atoms with E-state index in [1.165, 1.54) is 23.8 Å². The largest absolute Gasteiger partial charge is 0.284 e. The molecule has 0 radical (unpaired) electrons. The molecule has 1 unspecified atom stereocenters. The van der Waals surface area contributed by atoms with Gasteiger partial charge in [0.05, 0.1) is 17.6 Å². The molecule has 0 saturated carbocycles. The Kier molecular flexibility index (Phi) is 3.43. The zero-order chi connectivity index (χ0) is 13.1. The second kappa shape index (κ2) is 5.38. The quantitative estimate of drug-likeness (QED) is 0.823. The number of hydrogen-bond donors (Lipinski definition) is 0. The van der Waals surface area contributed by atoms with E-state index in [-0.39, 0.29) is 6.04 Å². The van der Waals surface area contributed by atoms with Crippen molar-refractivity contribution in [3.8, 4) is 6.07 Å². The molecule has 0 amide bonds. The molecule has 0 aliphatic carbocycles. The van der Waals surface area contributed by atoms with Gasteiger partial charge in [-0.1, -0.05) is 24.3 Å². The van der Waals surface area contributed by atoms with E-state index in [2.05, 4.69) is 40.2 Å². The molecule has 2 heterocycles. The van der Waals surface area contributed by atoms with Gasteiger partial charge in [-0.15, -0.1) is 0 Å². The SMILES string of the molecule is N#CC1CCCCN1Cc1cccc2cccnc12. The van der Waals surface area contributed by atoms with Crippen LogP contribution in [-0.4, -0.2) is 22.5 Å². The summed E-state index contributed by atoms with van der Waals surface area (Å²) in [6, 6.07) is 12.8. The van der Waals surface area contributed by atoms with Gasteiger partial charge in [-0.2, -0.15) is 5.26 Å². The zero-order valence-electron chi connectivity index (χ0n) is 10.9. The van der Waals surface area contributed by atoms with E-state index < -0.39 is 0 Å². The Morgan fingerprint density at radius 1 is 1.26 bits per heavy atom. The standard InChI is InChI=1S/C16H17N3/c17-11-15-8-1-2-10-19(15)12-14-6-3-5-13-7-4-9-18-16(13)14/h3-7,9,15H,1-2,8,10,12H2. The van der Waals surface area contributed by atoms with Crippen LogP contribution in [0.4, 0.5) is 0 Å². The van der Waals surface area contributed by atoms with E-state index in [0.29, 0.717) is 0 Å². The molecule has 96 valence electrons. The van der Waals surface area contributed by atoms with Crippen molar-refractivity contribution in [3.05, 3.63) is 42.1 Å². The molecule has 0 N–H and O–H groups in total. The number of pyridine rings is 1. The first-order valence-corrected chi connectivity index (χ1v) is 6.85. The summed E-state index contributed by atoms with van der Waals surface area (Å²) < 4.78 is 0. The fourth-order valence-electron chi connectivity index (χ4n) is 2.84. The van der Waals surface area contributed by atoms with Gasteiger partial charge in [0, 0.05) is 18.1 Å². The highest BCUT2D eigenvalue weighted by Crippen LogP contribution is 2.22. The molecule has 1 atom stereocenters. The van der Waals surface area contributed by atoms with Crippen molar-refractivity contribution in [2.75, 3.05) is 6.54 Å². The molecule has 3 heteroatoms. The van der Waals surface area contributed by atoms with Gasteiger partial charge < -0.3 is 0 Å². The van der Waals surface area contributed by atoms with Crippen LogP contribution in [0.3, 0.4) is 0 Å². The lowest BCUT2D eigenvalue weighted by atomic mass is 10.0. The molecule has 1 aliphatic rings. The van der Waals surface area contributed by atoms with Gasteiger partial charge in [0.15, 0.2) is 0 Å². The molecule has 0 bridgehead atoms. The first kappa shape index (κ1) is 12.1. The van der Waals surface area contributed by atoms with Crippen molar-refractivity contribution in [3.63, 3.8) is 0 Å². The molecular weight excluding hydrogens is 234 g/mol. The number of hydrogen-bond acceptors (Lipinski definition) is 3. The van der Waals surface area contributed by atoms with Crippen molar-refractivity contribution < 1.29 is 0 Å². The van der Waals surface area contributed by atoms with Gasteiger partial charge in [0.1, 0.15) is 0 Å². The molecular formula is C16H17N3. The summed E-state index contributed by atoms with van der Waals surface area (Å²) in [7, 11) is 0. The summed E-state index contributed by atoms with van der Waals surface area (Å²) in [5, 5.41) is 10.4.